The summed E-state index contributed by atoms with van der Waals surface area (Å²) >= 11 is 1.27. The molecule has 0 atom stereocenters. The Bertz CT molecular complexity index is 509. The predicted octanol–water partition coefficient (Wildman–Crippen LogP) is 1.45. The fourth-order valence-electron chi connectivity index (χ4n) is 1.05. The average molecular weight is 237 g/mol. The summed E-state index contributed by atoms with van der Waals surface area (Å²) in [5.74, 6) is 0.240. The van der Waals surface area contributed by atoms with Crippen molar-refractivity contribution in [3.05, 3.63) is 34.4 Å². The first-order valence-corrected chi connectivity index (χ1v) is 5.07. The Balaban J connectivity index is 2.14. The van der Waals surface area contributed by atoms with Gasteiger partial charge in [0.1, 0.15) is 0 Å². The molecule has 2 rings (SSSR count). The molecule has 2 aromatic rings. The zero-order chi connectivity index (χ0) is 11.5. The van der Waals surface area contributed by atoms with Gasteiger partial charge in [0.05, 0.1) is 4.92 Å². The summed E-state index contributed by atoms with van der Waals surface area (Å²) < 4.78 is 0. The lowest BCUT2D eigenvalue weighted by atomic mass is 10.3. The van der Waals surface area contributed by atoms with Gasteiger partial charge < -0.3 is 5.73 Å². The highest BCUT2D eigenvalue weighted by molar-refractivity contribution is 7.99. The lowest BCUT2D eigenvalue weighted by molar-refractivity contribution is -0.384. The van der Waals surface area contributed by atoms with E-state index in [0.29, 0.717) is 5.16 Å². The Morgan fingerprint density at radius 1 is 1.38 bits per heavy atom. The Labute approximate surface area is 94.2 Å². The van der Waals surface area contributed by atoms with E-state index >= 15 is 0 Å². The Morgan fingerprint density at radius 2 is 2.06 bits per heavy atom. The van der Waals surface area contributed by atoms with Crippen LogP contribution in [-0.4, -0.2) is 20.1 Å². The molecular formula is C8H7N5O2S. The number of hydrogen-bond acceptors (Lipinski definition) is 6. The van der Waals surface area contributed by atoms with Gasteiger partial charge in [-0.25, -0.2) is 5.10 Å². The van der Waals surface area contributed by atoms with Crippen molar-refractivity contribution in [3.63, 3.8) is 0 Å². The molecule has 0 amide bonds. The lowest BCUT2D eigenvalue weighted by Gasteiger charge is -1.95. The number of nitrogens with zero attached hydrogens (tertiary/aromatic N) is 3. The van der Waals surface area contributed by atoms with Crippen molar-refractivity contribution in [2.24, 2.45) is 0 Å². The molecule has 7 nitrogen and oxygen atoms in total. The summed E-state index contributed by atoms with van der Waals surface area (Å²) in [6.07, 6.45) is 0. The highest BCUT2D eigenvalue weighted by Crippen LogP contribution is 2.26. The molecule has 0 radical (unpaired) electrons. The Morgan fingerprint density at radius 3 is 2.56 bits per heavy atom. The van der Waals surface area contributed by atoms with Gasteiger partial charge in [-0.3, -0.25) is 10.1 Å². The monoisotopic (exact) mass is 237 g/mol. The van der Waals surface area contributed by atoms with Gasteiger partial charge in [-0.05, 0) is 23.9 Å². The van der Waals surface area contributed by atoms with Crippen molar-refractivity contribution in [1.29, 1.82) is 0 Å². The number of nitrogens with one attached hydrogen (secondary N) is 1. The first-order chi connectivity index (χ1) is 7.65. The van der Waals surface area contributed by atoms with Crippen LogP contribution < -0.4 is 5.73 Å². The van der Waals surface area contributed by atoms with Gasteiger partial charge in [-0.15, -0.1) is 5.10 Å². The molecule has 0 unspecified atom stereocenters. The molecule has 0 bridgehead atoms. The van der Waals surface area contributed by atoms with E-state index in [1.165, 1.54) is 23.9 Å². The molecule has 0 aliphatic carbocycles. The van der Waals surface area contributed by atoms with E-state index in [9.17, 15) is 10.1 Å². The van der Waals surface area contributed by atoms with Crippen LogP contribution >= 0.6 is 11.8 Å². The molecule has 3 N–H and O–H groups in total. The standard InChI is InChI=1S/C8H7N5O2S/c9-7-10-8(12-11-7)16-6-3-1-5(2-4-6)13(14)15/h1-4H,(H3,9,10,11,12). The second-order valence-electron chi connectivity index (χ2n) is 2.86. The third-order valence-electron chi connectivity index (χ3n) is 1.74. The summed E-state index contributed by atoms with van der Waals surface area (Å²) in [4.78, 5) is 14.7. The van der Waals surface area contributed by atoms with Gasteiger partial charge >= 0.3 is 0 Å². The quantitative estimate of drug-likeness (QED) is 0.617. The van der Waals surface area contributed by atoms with Crippen LogP contribution in [0.25, 0.3) is 0 Å². The number of non-ortho nitro benzene ring substituents is 1. The fraction of sp³-hybridized carbons (Fsp3) is 0. The number of aromatic amines is 1. The van der Waals surface area contributed by atoms with Crippen LogP contribution in [0, 0.1) is 10.1 Å². The van der Waals surface area contributed by atoms with Gasteiger partial charge in [0, 0.05) is 17.0 Å². The molecule has 0 saturated heterocycles. The topological polar surface area (TPSA) is 111 Å². The largest absolute Gasteiger partial charge is 0.368 e. The molecule has 8 heteroatoms. The number of hydrogen-bond donors (Lipinski definition) is 2. The highest BCUT2D eigenvalue weighted by Gasteiger charge is 2.06. The van der Waals surface area contributed by atoms with E-state index in [-0.39, 0.29) is 11.6 Å². The minimum atomic E-state index is -0.445. The summed E-state index contributed by atoms with van der Waals surface area (Å²) in [6, 6.07) is 6.13. The third-order valence-corrected chi connectivity index (χ3v) is 2.61. The van der Waals surface area contributed by atoms with E-state index in [4.69, 9.17) is 5.73 Å². The van der Waals surface area contributed by atoms with Crippen LogP contribution in [-0.2, 0) is 0 Å². The number of nitro benzene ring substituents is 1. The zero-order valence-electron chi connectivity index (χ0n) is 7.95. The molecule has 0 saturated carbocycles. The van der Waals surface area contributed by atoms with Gasteiger partial charge in [-0.2, -0.15) is 4.98 Å². The van der Waals surface area contributed by atoms with Crippen LogP contribution in [0.15, 0.2) is 34.3 Å². The van der Waals surface area contributed by atoms with Crippen LogP contribution in [0.1, 0.15) is 0 Å². The van der Waals surface area contributed by atoms with E-state index < -0.39 is 4.92 Å². The van der Waals surface area contributed by atoms with Gasteiger partial charge in [0.15, 0.2) is 0 Å². The van der Waals surface area contributed by atoms with E-state index in [2.05, 4.69) is 15.2 Å². The number of nitrogens with two attached hydrogens (primary N) is 1. The molecule has 0 aliphatic heterocycles. The van der Waals surface area contributed by atoms with E-state index in [1.54, 1.807) is 12.1 Å². The minimum absolute atomic E-state index is 0.0545. The van der Waals surface area contributed by atoms with Crippen LogP contribution in [0.4, 0.5) is 11.6 Å². The Kier molecular flexibility index (Phi) is 2.73. The third kappa shape index (κ3) is 2.28. The number of benzene rings is 1. The first kappa shape index (κ1) is 10.4. The summed E-state index contributed by atoms with van der Waals surface area (Å²) in [7, 11) is 0. The maximum atomic E-state index is 10.4. The number of rotatable bonds is 3. The maximum Gasteiger partial charge on any atom is 0.269 e. The van der Waals surface area contributed by atoms with Gasteiger partial charge in [0.25, 0.3) is 5.69 Å². The van der Waals surface area contributed by atoms with E-state index in [0.717, 1.165) is 4.90 Å². The molecule has 16 heavy (non-hydrogen) atoms. The van der Waals surface area contributed by atoms with Crippen LogP contribution in [0.5, 0.6) is 0 Å². The van der Waals surface area contributed by atoms with Crippen molar-refractivity contribution in [2.45, 2.75) is 10.1 Å². The fourth-order valence-corrected chi connectivity index (χ4v) is 1.76. The molecule has 1 heterocycles. The summed E-state index contributed by atoms with van der Waals surface area (Å²) in [5.41, 5.74) is 5.42. The molecule has 0 aliphatic rings. The lowest BCUT2D eigenvalue weighted by Crippen LogP contribution is -1.86. The number of anilines is 1. The zero-order valence-corrected chi connectivity index (χ0v) is 8.77. The molecule has 0 spiro atoms. The normalized spacial score (nSPS) is 10.2. The summed E-state index contributed by atoms with van der Waals surface area (Å²) in [6.45, 7) is 0. The molecule has 0 fully saturated rings. The first-order valence-electron chi connectivity index (χ1n) is 4.25. The molecule has 1 aromatic heterocycles. The summed E-state index contributed by atoms with van der Waals surface area (Å²) in [5, 5.41) is 17.2. The number of nitro groups is 1. The number of H-pyrrole nitrogens is 1. The van der Waals surface area contributed by atoms with Crippen LogP contribution in [0.2, 0.25) is 0 Å². The molecule has 82 valence electrons. The molecule has 1 aromatic carbocycles. The minimum Gasteiger partial charge on any atom is -0.368 e. The predicted molar refractivity (Wildman–Crippen MR) is 58.0 cm³/mol. The average Bonchev–Trinajstić information content (AvgIpc) is 2.65. The highest BCUT2D eigenvalue weighted by atomic mass is 32.2. The van der Waals surface area contributed by atoms with Gasteiger partial charge in [0.2, 0.25) is 11.1 Å². The van der Waals surface area contributed by atoms with Crippen molar-refractivity contribution >= 4 is 23.4 Å². The number of nitrogen functional groups attached to an aromatic ring is 1. The Hall–Kier alpha value is -2.09. The second-order valence-corrected chi connectivity index (χ2v) is 3.90. The number of aromatic nitrogens is 3. The van der Waals surface area contributed by atoms with Crippen molar-refractivity contribution in [3.8, 4) is 0 Å². The smallest absolute Gasteiger partial charge is 0.269 e. The van der Waals surface area contributed by atoms with Crippen molar-refractivity contribution in [1.82, 2.24) is 15.2 Å². The van der Waals surface area contributed by atoms with E-state index in [1.807, 2.05) is 0 Å². The van der Waals surface area contributed by atoms with Crippen molar-refractivity contribution < 1.29 is 4.92 Å². The SMILES string of the molecule is Nc1nc(Sc2ccc([N+](=O)[O-])cc2)n[nH]1. The maximum absolute atomic E-state index is 10.4. The second kappa shape index (κ2) is 4.19. The molecular weight excluding hydrogens is 230 g/mol. The van der Waals surface area contributed by atoms with Crippen molar-refractivity contribution in [2.75, 3.05) is 5.73 Å². The van der Waals surface area contributed by atoms with Gasteiger partial charge in [-0.1, -0.05) is 0 Å². The van der Waals surface area contributed by atoms with Crippen LogP contribution in [0.3, 0.4) is 0 Å².